The lowest BCUT2D eigenvalue weighted by atomic mass is 10.1. The Morgan fingerprint density at radius 1 is 1.06 bits per heavy atom. The maximum absolute atomic E-state index is 13.3. The largest absolute Gasteiger partial charge is 0.463 e. The number of hydrogen-bond donors (Lipinski definition) is 1. The molecule has 2 aromatic rings. The minimum Gasteiger partial charge on any atom is -0.463 e. The van der Waals surface area contributed by atoms with Gasteiger partial charge in [-0.25, -0.2) is 17.5 Å². The summed E-state index contributed by atoms with van der Waals surface area (Å²) in [6, 6.07) is 11.7. The van der Waals surface area contributed by atoms with Crippen molar-refractivity contribution in [1.29, 1.82) is 0 Å². The molecular weight excluding hydrogens is 454 g/mol. The number of hydrogen-bond acceptors (Lipinski definition) is 6. The van der Waals surface area contributed by atoms with Crippen LogP contribution in [0.25, 0.3) is 6.08 Å². The number of anilines is 2. The normalized spacial score (nSPS) is 14.4. The van der Waals surface area contributed by atoms with Crippen LogP contribution in [0.2, 0.25) is 0 Å². The lowest BCUT2D eigenvalue weighted by Crippen LogP contribution is -2.32. The van der Waals surface area contributed by atoms with E-state index in [2.05, 4.69) is 10.2 Å². The van der Waals surface area contributed by atoms with Crippen LogP contribution in [0.15, 0.2) is 53.4 Å². The molecule has 3 rings (SSSR count). The maximum Gasteiger partial charge on any atom is 0.330 e. The number of piperidine rings is 1. The van der Waals surface area contributed by atoms with Crippen LogP contribution in [-0.4, -0.2) is 58.4 Å². The van der Waals surface area contributed by atoms with E-state index in [-0.39, 0.29) is 10.8 Å². The number of carbonyl (C=O) groups excluding carboxylic acids is 2. The number of benzene rings is 2. The molecule has 0 bridgehead atoms. The summed E-state index contributed by atoms with van der Waals surface area (Å²) in [6.07, 6.45) is 6.17. The van der Waals surface area contributed by atoms with Crippen molar-refractivity contribution in [3.8, 4) is 0 Å². The number of sulfonamides is 1. The van der Waals surface area contributed by atoms with Crippen LogP contribution in [-0.2, 0) is 19.6 Å². The van der Waals surface area contributed by atoms with Gasteiger partial charge in [-0.2, -0.15) is 0 Å². The Bertz CT molecular complexity index is 1150. The van der Waals surface area contributed by atoms with Gasteiger partial charge in [-0.05, 0) is 68.2 Å². The molecule has 0 saturated carbocycles. The molecule has 0 aromatic heterocycles. The minimum atomic E-state index is -3.69. The smallest absolute Gasteiger partial charge is 0.330 e. The van der Waals surface area contributed by atoms with Gasteiger partial charge < -0.3 is 15.0 Å². The molecule has 1 fully saturated rings. The zero-order valence-corrected chi connectivity index (χ0v) is 20.6. The molecule has 182 valence electrons. The van der Waals surface area contributed by atoms with Gasteiger partial charge >= 0.3 is 5.97 Å². The number of amides is 1. The molecule has 34 heavy (non-hydrogen) atoms. The summed E-state index contributed by atoms with van der Waals surface area (Å²) in [5, 5.41) is 2.87. The summed E-state index contributed by atoms with van der Waals surface area (Å²) >= 11 is 0. The molecular formula is C25H31N3O5S. The van der Waals surface area contributed by atoms with Crippen LogP contribution >= 0.6 is 0 Å². The second kappa shape index (κ2) is 11.3. The zero-order chi connectivity index (χ0) is 24.7. The van der Waals surface area contributed by atoms with Crippen LogP contribution in [0.3, 0.4) is 0 Å². The summed E-state index contributed by atoms with van der Waals surface area (Å²) in [5.74, 6) is -0.802. The fourth-order valence-electron chi connectivity index (χ4n) is 3.71. The van der Waals surface area contributed by atoms with Crippen LogP contribution < -0.4 is 10.2 Å². The van der Waals surface area contributed by atoms with Crippen molar-refractivity contribution in [3.63, 3.8) is 0 Å². The van der Waals surface area contributed by atoms with E-state index >= 15 is 0 Å². The van der Waals surface area contributed by atoms with E-state index < -0.39 is 16.0 Å². The monoisotopic (exact) mass is 485 g/mol. The Morgan fingerprint density at radius 2 is 1.74 bits per heavy atom. The Hall–Kier alpha value is -3.17. The minimum absolute atomic E-state index is 0.0721. The van der Waals surface area contributed by atoms with Crippen molar-refractivity contribution in [2.75, 3.05) is 44.0 Å². The van der Waals surface area contributed by atoms with Crippen molar-refractivity contribution < 1.29 is 22.7 Å². The highest BCUT2D eigenvalue weighted by Crippen LogP contribution is 2.28. The van der Waals surface area contributed by atoms with Gasteiger partial charge in [0, 0.05) is 44.6 Å². The van der Waals surface area contributed by atoms with Crippen molar-refractivity contribution in [2.45, 2.75) is 31.1 Å². The third kappa shape index (κ3) is 6.24. The molecule has 0 spiro atoms. The summed E-state index contributed by atoms with van der Waals surface area (Å²) < 4.78 is 31.4. The molecule has 0 unspecified atom stereocenters. The van der Waals surface area contributed by atoms with Gasteiger partial charge in [-0.3, -0.25) is 4.79 Å². The molecule has 0 radical (unpaired) electrons. The van der Waals surface area contributed by atoms with E-state index in [1.165, 1.54) is 26.2 Å². The number of esters is 1. The molecule has 9 heteroatoms. The van der Waals surface area contributed by atoms with Gasteiger partial charge in [0.25, 0.3) is 5.91 Å². The Kier molecular flexibility index (Phi) is 8.46. The summed E-state index contributed by atoms with van der Waals surface area (Å²) in [5.41, 5.74) is 2.38. The maximum atomic E-state index is 13.3. The van der Waals surface area contributed by atoms with Crippen molar-refractivity contribution in [2.24, 2.45) is 0 Å². The quantitative estimate of drug-likeness (QED) is 0.452. The third-order valence-electron chi connectivity index (χ3n) is 5.55. The summed E-state index contributed by atoms with van der Waals surface area (Å²) in [4.78, 5) is 27.0. The van der Waals surface area contributed by atoms with Gasteiger partial charge in [0.1, 0.15) is 0 Å². The first-order valence-corrected chi connectivity index (χ1v) is 12.7. The lowest BCUT2D eigenvalue weighted by molar-refractivity contribution is -0.137. The Labute approximate surface area is 201 Å². The lowest BCUT2D eigenvalue weighted by Gasteiger charge is -2.30. The Morgan fingerprint density at radius 3 is 2.35 bits per heavy atom. The molecule has 0 aliphatic carbocycles. The van der Waals surface area contributed by atoms with Gasteiger partial charge in [0.15, 0.2) is 0 Å². The van der Waals surface area contributed by atoms with Gasteiger partial charge in [0.05, 0.1) is 17.1 Å². The fraction of sp³-hybridized carbons (Fsp3) is 0.360. The summed E-state index contributed by atoms with van der Waals surface area (Å²) in [7, 11) is -0.759. The highest BCUT2D eigenvalue weighted by molar-refractivity contribution is 7.89. The first-order valence-electron chi connectivity index (χ1n) is 11.3. The number of nitrogens with zero attached hydrogens (tertiary/aromatic N) is 2. The van der Waals surface area contributed by atoms with Crippen LogP contribution in [0, 0.1) is 0 Å². The molecule has 8 nitrogen and oxygen atoms in total. The molecule has 1 aliphatic rings. The van der Waals surface area contributed by atoms with E-state index in [0.717, 1.165) is 47.9 Å². The highest BCUT2D eigenvalue weighted by Gasteiger charge is 2.24. The highest BCUT2D eigenvalue weighted by atomic mass is 32.2. The Balaban J connectivity index is 1.86. The molecule has 1 amide bonds. The molecule has 0 atom stereocenters. The first-order chi connectivity index (χ1) is 16.2. The third-order valence-corrected chi connectivity index (χ3v) is 7.37. The van der Waals surface area contributed by atoms with Crippen molar-refractivity contribution in [3.05, 3.63) is 59.7 Å². The second-order valence-electron chi connectivity index (χ2n) is 8.18. The number of carbonyl (C=O) groups is 2. The first kappa shape index (κ1) is 25.5. The van der Waals surface area contributed by atoms with Gasteiger partial charge in [-0.15, -0.1) is 0 Å². The fourth-order valence-corrected chi connectivity index (χ4v) is 4.64. The molecule has 1 N–H and O–H groups in total. The van der Waals surface area contributed by atoms with Crippen LogP contribution in [0.1, 0.15) is 42.1 Å². The summed E-state index contributed by atoms with van der Waals surface area (Å²) in [6.45, 7) is 3.69. The predicted octanol–water partition coefficient (Wildman–Crippen LogP) is 3.76. The number of nitrogens with one attached hydrogen (secondary N) is 1. The van der Waals surface area contributed by atoms with E-state index in [4.69, 9.17) is 4.74 Å². The van der Waals surface area contributed by atoms with Crippen molar-refractivity contribution in [1.82, 2.24) is 4.31 Å². The van der Waals surface area contributed by atoms with Crippen LogP contribution in [0.4, 0.5) is 11.4 Å². The molecule has 1 aliphatic heterocycles. The van der Waals surface area contributed by atoms with E-state index in [1.807, 2.05) is 0 Å². The molecule has 1 heterocycles. The zero-order valence-electron chi connectivity index (χ0n) is 19.8. The predicted molar refractivity (Wildman–Crippen MR) is 133 cm³/mol. The van der Waals surface area contributed by atoms with E-state index in [0.29, 0.717) is 17.9 Å². The SMILES string of the molecule is CCOC(=O)/C=C/c1ccc(NC(=O)c2cc(S(=O)(=O)N(C)C)ccc2N2CCCCC2)cc1. The van der Waals surface area contributed by atoms with Crippen molar-refractivity contribution >= 4 is 39.4 Å². The van der Waals surface area contributed by atoms with E-state index in [9.17, 15) is 18.0 Å². The van der Waals surface area contributed by atoms with Gasteiger partial charge in [0.2, 0.25) is 10.0 Å². The number of rotatable bonds is 8. The average Bonchev–Trinajstić information content (AvgIpc) is 2.84. The van der Waals surface area contributed by atoms with E-state index in [1.54, 1.807) is 49.4 Å². The molecule has 2 aromatic carbocycles. The second-order valence-corrected chi connectivity index (χ2v) is 10.3. The molecule has 1 saturated heterocycles. The van der Waals surface area contributed by atoms with Crippen LogP contribution in [0.5, 0.6) is 0 Å². The standard InChI is InChI=1S/C25H31N3O5S/c1-4-33-24(29)15-10-19-8-11-20(12-9-19)26-25(30)22-18-21(34(31,32)27(2)3)13-14-23(22)28-16-6-5-7-17-28/h8-15,18H,4-7,16-17H2,1-3H3,(H,26,30)/b15-10+. The average molecular weight is 486 g/mol. The number of ether oxygens (including phenoxy) is 1. The topological polar surface area (TPSA) is 96.0 Å². The van der Waals surface area contributed by atoms with Gasteiger partial charge in [-0.1, -0.05) is 12.1 Å².